The second kappa shape index (κ2) is 10.3. The van der Waals surface area contributed by atoms with Gasteiger partial charge in [-0.3, -0.25) is 0 Å². The Labute approximate surface area is 115 Å². The van der Waals surface area contributed by atoms with E-state index in [1.807, 2.05) is 12.1 Å². The van der Waals surface area contributed by atoms with E-state index in [0.717, 1.165) is 19.3 Å². The lowest BCUT2D eigenvalue weighted by molar-refractivity contribution is -0.147. The number of allylic oxidation sites excluding steroid dienone is 1. The predicted octanol–water partition coefficient (Wildman–Crippen LogP) is 3.18. The van der Waals surface area contributed by atoms with E-state index in [0.29, 0.717) is 6.29 Å². The molecule has 0 amide bonds. The van der Waals surface area contributed by atoms with Crippen LogP contribution in [0.2, 0.25) is 0 Å². The molecule has 0 bridgehead atoms. The number of nitrogens with zero attached hydrogens (tertiary/aromatic N) is 1. The zero-order valence-corrected chi connectivity index (χ0v) is 11.9. The van der Waals surface area contributed by atoms with Crippen molar-refractivity contribution in [2.45, 2.75) is 51.9 Å². The van der Waals surface area contributed by atoms with E-state index in [4.69, 9.17) is 0 Å². The number of hydrogen-bond donors (Lipinski definition) is 0. The summed E-state index contributed by atoms with van der Waals surface area (Å²) in [6.07, 6.45) is 9.88. The van der Waals surface area contributed by atoms with Crippen LogP contribution in [0.1, 0.15) is 51.9 Å². The Kier molecular flexibility index (Phi) is 9.42. The van der Waals surface area contributed by atoms with E-state index < -0.39 is 11.4 Å². The molecule has 19 heavy (non-hydrogen) atoms. The molecule has 0 radical (unpaired) electrons. The summed E-state index contributed by atoms with van der Waals surface area (Å²) < 4.78 is 4.67. The van der Waals surface area contributed by atoms with Crippen molar-refractivity contribution in [3.8, 4) is 6.07 Å². The van der Waals surface area contributed by atoms with E-state index in [9.17, 15) is 14.9 Å². The Hall–Kier alpha value is -1.63. The number of esters is 1. The third-order valence-corrected chi connectivity index (χ3v) is 3.03. The number of carbonyl (C=O) groups excluding carboxylic acids is 2. The van der Waals surface area contributed by atoms with Crippen LogP contribution in [-0.4, -0.2) is 19.4 Å². The van der Waals surface area contributed by atoms with Crippen molar-refractivity contribution in [2.75, 3.05) is 7.11 Å². The van der Waals surface area contributed by atoms with Gasteiger partial charge in [0, 0.05) is 6.42 Å². The fourth-order valence-corrected chi connectivity index (χ4v) is 1.83. The van der Waals surface area contributed by atoms with Crippen molar-refractivity contribution >= 4 is 12.3 Å². The first-order valence-electron chi connectivity index (χ1n) is 6.77. The summed E-state index contributed by atoms with van der Waals surface area (Å²) in [4.78, 5) is 22.2. The maximum Gasteiger partial charge on any atom is 0.330 e. The summed E-state index contributed by atoms with van der Waals surface area (Å²) in [5.41, 5.74) is -1.32. The van der Waals surface area contributed by atoms with E-state index in [-0.39, 0.29) is 12.8 Å². The Morgan fingerprint density at radius 1 is 1.32 bits per heavy atom. The first-order chi connectivity index (χ1) is 9.16. The molecule has 4 heteroatoms. The summed E-state index contributed by atoms with van der Waals surface area (Å²) in [6, 6.07) is 1.98. The molecule has 0 aliphatic heterocycles. The Balaban J connectivity index is 4.56. The molecule has 0 rings (SSSR count). The van der Waals surface area contributed by atoms with E-state index in [1.54, 1.807) is 6.08 Å². The van der Waals surface area contributed by atoms with Crippen LogP contribution in [-0.2, 0) is 14.3 Å². The topological polar surface area (TPSA) is 67.2 Å². The van der Waals surface area contributed by atoms with Crippen molar-refractivity contribution in [1.29, 1.82) is 5.26 Å². The van der Waals surface area contributed by atoms with Crippen molar-refractivity contribution in [2.24, 2.45) is 5.41 Å². The molecule has 0 saturated heterocycles. The molecule has 0 aliphatic rings. The van der Waals surface area contributed by atoms with Gasteiger partial charge in [0.15, 0.2) is 5.41 Å². The monoisotopic (exact) mass is 265 g/mol. The van der Waals surface area contributed by atoms with Gasteiger partial charge in [-0.05, 0) is 19.3 Å². The first-order valence-corrected chi connectivity index (χ1v) is 6.77. The van der Waals surface area contributed by atoms with Gasteiger partial charge in [-0.2, -0.15) is 5.26 Å². The molecule has 1 atom stereocenters. The molecule has 0 aliphatic carbocycles. The number of methoxy groups -OCH3 is 1. The highest BCUT2D eigenvalue weighted by atomic mass is 16.5. The quantitative estimate of drug-likeness (QED) is 0.263. The number of hydrogen-bond acceptors (Lipinski definition) is 4. The van der Waals surface area contributed by atoms with Crippen molar-refractivity contribution in [1.82, 2.24) is 0 Å². The SMILES string of the molecule is CCCCCC/C=C/C(C#N)(CCC=O)C(=O)OC. The second-order valence-electron chi connectivity index (χ2n) is 4.53. The van der Waals surface area contributed by atoms with Crippen molar-refractivity contribution in [3.05, 3.63) is 12.2 Å². The smallest absolute Gasteiger partial charge is 0.330 e. The van der Waals surface area contributed by atoms with Crippen LogP contribution in [0.15, 0.2) is 12.2 Å². The van der Waals surface area contributed by atoms with Crippen LogP contribution >= 0.6 is 0 Å². The minimum atomic E-state index is -1.32. The second-order valence-corrected chi connectivity index (χ2v) is 4.53. The van der Waals surface area contributed by atoms with Gasteiger partial charge in [-0.15, -0.1) is 0 Å². The van der Waals surface area contributed by atoms with Crippen LogP contribution in [0, 0.1) is 16.7 Å². The van der Waals surface area contributed by atoms with Crippen LogP contribution in [0.5, 0.6) is 0 Å². The lowest BCUT2D eigenvalue weighted by Crippen LogP contribution is -2.29. The van der Waals surface area contributed by atoms with E-state index in [2.05, 4.69) is 11.7 Å². The molecule has 0 aromatic carbocycles. The molecule has 0 N–H and O–H groups in total. The number of unbranched alkanes of at least 4 members (excludes halogenated alkanes) is 4. The number of nitriles is 1. The molecule has 0 saturated carbocycles. The summed E-state index contributed by atoms with van der Waals surface area (Å²) >= 11 is 0. The Morgan fingerprint density at radius 2 is 2.05 bits per heavy atom. The molecule has 0 spiro atoms. The average Bonchev–Trinajstić information content (AvgIpc) is 2.45. The summed E-state index contributed by atoms with van der Waals surface area (Å²) in [5, 5.41) is 9.23. The molecular weight excluding hydrogens is 242 g/mol. The third kappa shape index (κ3) is 6.19. The highest BCUT2D eigenvalue weighted by molar-refractivity contribution is 5.82. The van der Waals surface area contributed by atoms with Gasteiger partial charge in [0.1, 0.15) is 6.29 Å². The van der Waals surface area contributed by atoms with Gasteiger partial charge in [0.05, 0.1) is 13.2 Å². The predicted molar refractivity (Wildman–Crippen MR) is 73.3 cm³/mol. The van der Waals surface area contributed by atoms with E-state index in [1.165, 1.54) is 20.0 Å². The lowest BCUT2D eigenvalue weighted by atomic mass is 9.84. The zero-order valence-electron chi connectivity index (χ0n) is 11.9. The minimum absolute atomic E-state index is 0.169. The molecule has 0 aromatic rings. The molecule has 0 aromatic heterocycles. The van der Waals surface area contributed by atoms with Crippen LogP contribution in [0.3, 0.4) is 0 Å². The highest BCUT2D eigenvalue weighted by Gasteiger charge is 2.36. The van der Waals surface area contributed by atoms with Gasteiger partial charge in [0.25, 0.3) is 0 Å². The van der Waals surface area contributed by atoms with Gasteiger partial charge in [0.2, 0.25) is 0 Å². The number of rotatable bonds is 10. The molecule has 1 unspecified atom stereocenters. The van der Waals surface area contributed by atoms with Gasteiger partial charge in [-0.1, -0.05) is 38.3 Å². The maximum absolute atomic E-state index is 11.7. The molecule has 4 nitrogen and oxygen atoms in total. The summed E-state index contributed by atoms with van der Waals surface area (Å²) in [7, 11) is 1.25. The molecular formula is C15H23NO3. The maximum atomic E-state index is 11.7. The van der Waals surface area contributed by atoms with Gasteiger partial charge in [-0.25, -0.2) is 4.79 Å². The molecule has 0 fully saturated rings. The summed E-state index contributed by atoms with van der Waals surface area (Å²) in [6.45, 7) is 2.15. The minimum Gasteiger partial charge on any atom is -0.468 e. The standard InChI is InChI=1S/C15H23NO3/c1-3-4-5-6-7-8-10-15(13-16,11-9-12-17)14(18)19-2/h8,10,12H,3-7,9,11H2,1-2H3/b10-8+. The Bertz CT molecular complexity index is 344. The highest BCUT2D eigenvalue weighted by Crippen LogP contribution is 2.27. The average molecular weight is 265 g/mol. The number of ether oxygens (including phenoxy) is 1. The zero-order chi connectivity index (χ0) is 14.6. The van der Waals surface area contributed by atoms with Crippen molar-refractivity contribution < 1.29 is 14.3 Å². The fraction of sp³-hybridized carbons (Fsp3) is 0.667. The van der Waals surface area contributed by atoms with Crippen LogP contribution in [0.25, 0.3) is 0 Å². The molecule has 106 valence electrons. The van der Waals surface area contributed by atoms with Gasteiger partial charge < -0.3 is 9.53 Å². The van der Waals surface area contributed by atoms with Crippen LogP contribution < -0.4 is 0 Å². The molecule has 0 heterocycles. The van der Waals surface area contributed by atoms with Gasteiger partial charge >= 0.3 is 5.97 Å². The fourth-order valence-electron chi connectivity index (χ4n) is 1.83. The number of aldehydes is 1. The Morgan fingerprint density at radius 3 is 2.58 bits per heavy atom. The van der Waals surface area contributed by atoms with E-state index >= 15 is 0 Å². The summed E-state index contributed by atoms with van der Waals surface area (Å²) in [5.74, 6) is -0.596. The lowest BCUT2D eigenvalue weighted by Gasteiger charge is -2.18. The largest absolute Gasteiger partial charge is 0.468 e. The van der Waals surface area contributed by atoms with Crippen LogP contribution in [0.4, 0.5) is 0 Å². The normalized spacial score (nSPS) is 13.7. The first kappa shape index (κ1) is 17.4. The van der Waals surface area contributed by atoms with Crippen molar-refractivity contribution in [3.63, 3.8) is 0 Å². The number of carbonyl (C=O) groups is 2. The third-order valence-electron chi connectivity index (χ3n) is 3.03.